The fourth-order valence-electron chi connectivity index (χ4n) is 1.91. The Kier molecular flexibility index (Phi) is 4.30. The number of rotatable bonds is 5. The van der Waals surface area contributed by atoms with E-state index in [9.17, 15) is 4.79 Å². The molecule has 0 atom stereocenters. The second-order valence-corrected chi connectivity index (χ2v) is 4.41. The van der Waals surface area contributed by atoms with Gasteiger partial charge in [0.15, 0.2) is 0 Å². The van der Waals surface area contributed by atoms with E-state index in [0.29, 0.717) is 19.5 Å². The van der Waals surface area contributed by atoms with Crippen molar-refractivity contribution in [3.8, 4) is 0 Å². The minimum atomic E-state index is -0.0217. The van der Waals surface area contributed by atoms with Crippen LogP contribution in [0, 0.1) is 0 Å². The number of nitrogens with zero attached hydrogens (tertiary/aromatic N) is 2. The van der Waals surface area contributed by atoms with Gasteiger partial charge in [-0.1, -0.05) is 24.3 Å². The van der Waals surface area contributed by atoms with Crippen LogP contribution in [0.5, 0.6) is 0 Å². The third-order valence-corrected chi connectivity index (χ3v) is 2.92. The van der Waals surface area contributed by atoms with E-state index in [0.717, 1.165) is 16.8 Å². The topological polar surface area (TPSA) is 72.9 Å². The van der Waals surface area contributed by atoms with E-state index in [-0.39, 0.29) is 5.91 Å². The largest absolute Gasteiger partial charge is 0.350 e. The highest BCUT2D eigenvalue weighted by Crippen LogP contribution is 2.08. The third kappa shape index (κ3) is 3.66. The minimum absolute atomic E-state index is 0.0217. The zero-order valence-electron chi connectivity index (χ0n) is 11.0. The second kappa shape index (κ2) is 6.15. The SMILES string of the molecule is Cn1ccc(CNC(=O)Cc2ccccc2CN)n1. The number of carbonyl (C=O) groups excluding carboxylic acids is 1. The summed E-state index contributed by atoms with van der Waals surface area (Å²) in [5, 5.41) is 7.06. The molecule has 0 saturated carbocycles. The highest BCUT2D eigenvalue weighted by molar-refractivity contribution is 5.78. The molecule has 5 heteroatoms. The zero-order chi connectivity index (χ0) is 13.7. The maximum Gasteiger partial charge on any atom is 0.224 e. The first-order valence-electron chi connectivity index (χ1n) is 6.21. The molecule has 0 fully saturated rings. The summed E-state index contributed by atoms with van der Waals surface area (Å²) in [6.07, 6.45) is 2.20. The predicted molar refractivity (Wildman–Crippen MR) is 73.1 cm³/mol. The molecule has 0 aliphatic carbocycles. The smallest absolute Gasteiger partial charge is 0.224 e. The number of amides is 1. The van der Waals surface area contributed by atoms with Crippen molar-refractivity contribution in [2.75, 3.05) is 0 Å². The van der Waals surface area contributed by atoms with Gasteiger partial charge in [-0.25, -0.2) is 0 Å². The van der Waals surface area contributed by atoms with Crippen LogP contribution >= 0.6 is 0 Å². The molecule has 1 amide bonds. The van der Waals surface area contributed by atoms with Gasteiger partial charge in [0.1, 0.15) is 0 Å². The van der Waals surface area contributed by atoms with Crippen LogP contribution in [0.1, 0.15) is 16.8 Å². The van der Waals surface area contributed by atoms with Gasteiger partial charge in [-0.2, -0.15) is 5.10 Å². The van der Waals surface area contributed by atoms with Crippen molar-refractivity contribution in [3.05, 3.63) is 53.3 Å². The maximum absolute atomic E-state index is 11.9. The Hall–Kier alpha value is -2.14. The van der Waals surface area contributed by atoms with Crippen LogP contribution in [-0.2, 0) is 31.4 Å². The Labute approximate surface area is 112 Å². The summed E-state index contributed by atoms with van der Waals surface area (Å²) in [5.41, 5.74) is 8.48. The van der Waals surface area contributed by atoms with Crippen molar-refractivity contribution in [1.82, 2.24) is 15.1 Å². The van der Waals surface area contributed by atoms with Crippen LogP contribution in [0.4, 0.5) is 0 Å². The summed E-state index contributed by atoms with van der Waals surface area (Å²) in [6.45, 7) is 0.897. The summed E-state index contributed by atoms with van der Waals surface area (Å²) in [6, 6.07) is 9.61. The second-order valence-electron chi connectivity index (χ2n) is 4.41. The molecule has 3 N–H and O–H groups in total. The molecule has 1 aromatic heterocycles. The van der Waals surface area contributed by atoms with E-state index in [1.807, 2.05) is 43.6 Å². The molecule has 0 saturated heterocycles. The van der Waals surface area contributed by atoms with Gasteiger partial charge in [0, 0.05) is 19.8 Å². The molecule has 5 nitrogen and oxygen atoms in total. The highest BCUT2D eigenvalue weighted by atomic mass is 16.1. The molecule has 0 aliphatic heterocycles. The number of aromatic nitrogens is 2. The van der Waals surface area contributed by atoms with Gasteiger partial charge < -0.3 is 11.1 Å². The molecule has 0 aliphatic rings. The Morgan fingerprint density at radius 2 is 2.05 bits per heavy atom. The van der Waals surface area contributed by atoms with E-state index in [1.165, 1.54) is 0 Å². The van der Waals surface area contributed by atoms with Crippen molar-refractivity contribution in [2.24, 2.45) is 12.8 Å². The van der Waals surface area contributed by atoms with Crippen LogP contribution < -0.4 is 11.1 Å². The van der Waals surface area contributed by atoms with Crippen molar-refractivity contribution in [2.45, 2.75) is 19.5 Å². The normalized spacial score (nSPS) is 10.4. The molecule has 1 heterocycles. The summed E-state index contributed by atoms with van der Waals surface area (Å²) < 4.78 is 1.71. The Balaban J connectivity index is 1.90. The summed E-state index contributed by atoms with van der Waals surface area (Å²) in [5.74, 6) is -0.0217. The first-order valence-corrected chi connectivity index (χ1v) is 6.21. The van der Waals surface area contributed by atoms with E-state index < -0.39 is 0 Å². The van der Waals surface area contributed by atoms with Gasteiger partial charge in [-0.05, 0) is 17.2 Å². The zero-order valence-corrected chi connectivity index (χ0v) is 11.0. The lowest BCUT2D eigenvalue weighted by Crippen LogP contribution is -2.25. The first kappa shape index (κ1) is 13.3. The molecule has 100 valence electrons. The Bertz CT molecular complexity index is 562. The molecule has 19 heavy (non-hydrogen) atoms. The standard InChI is InChI=1S/C14H18N4O/c1-18-7-6-13(17-18)10-16-14(19)8-11-4-2-3-5-12(11)9-15/h2-7H,8-10,15H2,1H3,(H,16,19). The summed E-state index contributed by atoms with van der Waals surface area (Å²) in [4.78, 5) is 11.9. The average molecular weight is 258 g/mol. The molecule has 0 unspecified atom stereocenters. The number of benzene rings is 1. The van der Waals surface area contributed by atoms with Crippen LogP contribution in [0.2, 0.25) is 0 Å². The van der Waals surface area contributed by atoms with Crippen molar-refractivity contribution in [3.63, 3.8) is 0 Å². The Morgan fingerprint density at radius 1 is 1.32 bits per heavy atom. The van der Waals surface area contributed by atoms with Gasteiger partial charge in [0.05, 0.1) is 18.7 Å². The summed E-state index contributed by atoms with van der Waals surface area (Å²) in [7, 11) is 1.85. The van der Waals surface area contributed by atoms with Gasteiger partial charge in [0.2, 0.25) is 5.91 Å². The number of nitrogens with one attached hydrogen (secondary N) is 1. The summed E-state index contributed by atoms with van der Waals surface area (Å²) >= 11 is 0. The molecule has 0 spiro atoms. The molecule has 2 rings (SSSR count). The van der Waals surface area contributed by atoms with E-state index in [2.05, 4.69) is 10.4 Å². The van der Waals surface area contributed by atoms with Gasteiger partial charge in [-0.3, -0.25) is 9.48 Å². The molecule has 0 bridgehead atoms. The number of hydrogen-bond acceptors (Lipinski definition) is 3. The number of nitrogens with two attached hydrogens (primary N) is 1. The lowest BCUT2D eigenvalue weighted by molar-refractivity contribution is -0.120. The molecule has 0 radical (unpaired) electrons. The lowest BCUT2D eigenvalue weighted by Gasteiger charge is -2.07. The third-order valence-electron chi connectivity index (χ3n) is 2.92. The molecular formula is C14H18N4O. The number of carbonyl (C=O) groups is 1. The van der Waals surface area contributed by atoms with Crippen LogP contribution in [0.25, 0.3) is 0 Å². The van der Waals surface area contributed by atoms with Gasteiger partial charge >= 0.3 is 0 Å². The molecule has 2 aromatic rings. The lowest BCUT2D eigenvalue weighted by atomic mass is 10.0. The predicted octanol–water partition coefficient (Wildman–Crippen LogP) is 0.738. The first-order chi connectivity index (χ1) is 9.19. The number of hydrogen-bond donors (Lipinski definition) is 2. The van der Waals surface area contributed by atoms with Gasteiger partial charge in [-0.15, -0.1) is 0 Å². The molecular weight excluding hydrogens is 240 g/mol. The van der Waals surface area contributed by atoms with Gasteiger partial charge in [0.25, 0.3) is 0 Å². The van der Waals surface area contributed by atoms with Crippen molar-refractivity contribution < 1.29 is 4.79 Å². The van der Waals surface area contributed by atoms with E-state index >= 15 is 0 Å². The fourth-order valence-corrected chi connectivity index (χ4v) is 1.91. The number of aryl methyl sites for hydroxylation is 1. The van der Waals surface area contributed by atoms with E-state index in [1.54, 1.807) is 4.68 Å². The molecule has 1 aromatic carbocycles. The van der Waals surface area contributed by atoms with E-state index in [4.69, 9.17) is 5.73 Å². The highest BCUT2D eigenvalue weighted by Gasteiger charge is 2.07. The van der Waals surface area contributed by atoms with Crippen LogP contribution in [0.3, 0.4) is 0 Å². The maximum atomic E-state index is 11.9. The monoisotopic (exact) mass is 258 g/mol. The average Bonchev–Trinajstić information content (AvgIpc) is 2.83. The Morgan fingerprint density at radius 3 is 2.68 bits per heavy atom. The quantitative estimate of drug-likeness (QED) is 0.830. The minimum Gasteiger partial charge on any atom is -0.350 e. The van der Waals surface area contributed by atoms with Crippen molar-refractivity contribution >= 4 is 5.91 Å². The van der Waals surface area contributed by atoms with Crippen molar-refractivity contribution in [1.29, 1.82) is 0 Å². The van der Waals surface area contributed by atoms with Crippen LogP contribution in [0.15, 0.2) is 36.5 Å². The van der Waals surface area contributed by atoms with Crippen LogP contribution in [-0.4, -0.2) is 15.7 Å². The fraction of sp³-hybridized carbons (Fsp3) is 0.286.